The Hall–Kier alpha value is -1.12. The Kier molecular flexibility index (Phi) is 5.08. The third-order valence-corrected chi connectivity index (χ3v) is 2.55. The number of hydrogen-bond acceptors (Lipinski definition) is 3. The van der Waals surface area contributed by atoms with Gasteiger partial charge in [-0.05, 0) is 24.8 Å². The molecule has 0 radical (unpaired) electrons. The number of hydrogen-bond donors (Lipinski definition) is 0. The summed E-state index contributed by atoms with van der Waals surface area (Å²) < 4.78 is 0. The molecule has 1 aliphatic heterocycles. The molecular weight excluding hydrogens is 186 g/mol. The highest BCUT2D eigenvalue weighted by Gasteiger charge is 2.16. The zero-order chi connectivity index (χ0) is 11.1. The van der Waals surface area contributed by atoms with E-state index >= 15 is 0 Å². The first kappa shape index (κ1) is 12.0. The average Bonchev–Trinajstić information content (AvgIpc) is 2.33. The van der Waals surface area contributed by atoms with E-state index in [1.54, 1.807) is 6.33 Å². The predicted octanol–water partition coefficient (Wildman–Crippen LogP) is 2.74. The lowest BCUT2D eigenvalue weighted by Gasteiger charge is -2.31. The normalized spacial score (nSPS) is 20.5. The van der Waals surface area contributed by atoms with E-state index in [9.17, 15) is 0 Å². The molecule has 0 saturated carbocycles. The minimum Gasteiger partial charge on any atom is -0.356 e. The Balaban J connectivity index is 0.000000531. The molecule has 2 rings (SSSR count). The SMILES string of the molecule is CC.CC1CCCN(c2ccncn2)C1. The molecule has 0 amide bonds. The van der Waals surface area contributed by atoms with Crippen LogP contribution in [0.4, 0.5) is 5.82 Å². The average molecular weight is 207 g/mol. The maximum Gasteiger partial charge on any atom is 0.131 e. The van der Waals surface area contributed by atoms with E-state index in [0.29, 0.717) is 0 Å². The third-order valence-electron chi connectivity index (χ3n) is 2.55. The quantitative estimate of drug-likeness (QED) is 0.709. The molecule has 3 nitrogen and oxygen atoms in total. The van der Waals surface area contributed by atoms with Crippen LogP contribution in [0.3, 0.4) is 0 Å². The van der Waals surface area contributed by atoms with Gasteiger partial charge in [0, 0.05) is 19.3 Å². The molecule has 0 N–H and O–H groups in total. The molecule has 1 fully saturated rings. The molecule has 1 aliphatic rings. The van der Waals surface area contributed by atoms with E-state index in [-0.39, 0.29) is 0 Å². The molecule has 1 unspecified atom stereocenters. The number of nitrogens with zero attached hydrogens (tertiary/aromatic N) is 3. The van der Waals surface area contributed by atoms with Crippen molar-refractivity contribution in [1.82, 2.24) is 9.97 Å². The Morgan fingerprint density at radius 3 is 2.80 bits per heavy atom. The summed E-state index contributed by atoms with van der Waals surface area (Å²) in [4.78, 5) is 10.5. The lowest BCUT2D eigenvalue weighted by atomic mass is 10.0. The molecule has 3 heteroatoms. The van der Waals surface area contributed by atoms with Crippen molar-refractivity contribution < 1.29 is 0 Å². The van der Waals surface area contributed by atoms with Gasteiger partial charge in [-0.3, -0.25) is 0 Å². The van der Waals surface area contributed by atoms with Gasteiger partial charge in [0.1, 0.15) is 12.1 Å². The molecule has 0 spiro atoms. The second-order valence-electron chi connectivity index (χ2n) is 3.76. The first-order valence-electron chi connectivity index (χ1n) is 5.87. The van der Waals surface area contributed by atoms with Crippen LogP contribution >= 0.6 is 0 Å². The van der Waals surface area contributed by atoms with Crippen molar-refractivity contribution in [3.8, 4) is 0 Å². The summed E-state index contributed by atoms with van der Waals surface area (Å²) in [6.45, 7) is 8.58. The second kappa shape index (κ2) is 6.38. The van der Waals surface area contributed by atoms with E-state index in [2.05, 4.69) is 21.8 Å². The number of aromatic nitrogens is 2. The van der Waals surface area contributed by atoms with Crippen LogP contribution in [0.25, 0.3) is 0 Å². The number of rotatable bonds is 1. The van der Waals surface area contributed by atoms with Crippen LogP contribution in [0, 0.1) is 5.92 Å². The molecule has 15 heavy (non-hydrogen) atoms. The van der Waals surface area contributed by atoms with Gasteiger partial charge in [-0.25, -0.2) is 9.97 Å². The fraction of sp³-hybridized carbons (Fsp3) is 0.667. The monoisotopic (exact) mass is 207 g/mol. The van der Waals surface area contributed by atoms with Crippen LogP contribution < -0.4 is 4.90 Å². The molecule has 2 heterocycles. The summed E-state index contributed by atoms with van der Waals surface area (Å²) in [6, 6.07) is 1.98. The molecule has 0 aromatic carbocycles. The van der Waals surface area contributed by atoms with E-state index in [1.807, 2.05) is 26.1 Å². The van der Waals surface area contributed by atoms with Crippen LogP contribution in [-0.4, -0.2) is 23.1 Å². The first-order chi connectivity index (χ1) is 7.36. The molecule has 0 aliphatic carbocycles. The summed E-state index contributed by atoms with van der Waals surface area (Å²) in [7, 11) is 0. The van der Waals surface area contributed by atoms with Crippen molar-refractivity contribution in [3.63, 3.8) is 0 Å². The summed E-state index contributed by atoms with van der Waals surface area (Å²) in [5, 5.41) is 0. The predicted molar refractivity (Wildman–Crippen MR) is 64.0 cm³/mol. The highest BCUT2D eigenvalue weighted by Crippen LogP contribution is 2.19. The van der Waals surface area contributed by atoms with Gasteiger partial charge in [0.25, 0.3) is 0 Å². The topological polar surface area (TPSA) is 29.0 Å². The van der Waals surface area contributed by atoms with Crippen molar-refractivity contribution in [1.29, 1.82) is 0 Å². The third kappa shape index (κ3) is 3.50. The fourth-order valence-electron chi connectivity index (χ4n) is 1.87. The lowest BCUT2D eigenvalue weighted by Crippen LogP contribution is -2.34. The summed E-state index contributed by atoms with van der Waals surface area (Å²) in [5.74, 6) is 1.87. The Morgan fingerprint density at radius 1 is 1.40 bits per heavy atom. The fourth-order valence-corrected chi connectivity index (χ4v) is 1.87. The number of anilines is 1. The van der Waals surface area contributed by atoms with Gasteiger partial charge < -0.3 is 4.90 Å². The molecular formula is C12H21N3. The van der Waals surface area contributed by atoms with Crippen molar-refractivity contribution in [2.24, 2.45) is 5.92 Å². The highest BCUT2D eigenvalue weighted by atomic mass is 15.2. The molecule has 1 aromatic heterocycles. The van der Waals surface area contributed by atoms with Gasteiger partial charge in [0.05, 0.1) is 0 Å². The van der Waals surface area contributed by atoms with E-state index in [0.717, 1.165) is 24.8 Å². The second-order valence-corrected chi connectivity index (χ2v) is 3.76. The maximum atomic E-state index is 4.25. The zero-order valence-corrected chi connectivity index (χ0v) is 9.98. The number of piperidine rings is 1. The van der Waals surface area contributed by atoms with Crippen molar-refractivity contribution >= 4 is 5.82 Å². The van der Waals surface area contributed by atoms with Crippen LogP contribution in [0.15, 0.2) is 18.6 Å². The van der Waals surface area contributed by atoms with E-state index in [4.69, 9.17) is 0 Å². The van der Waals surface area contributed by atoms with Gasteiger partial charge in [-0.1, -0.05) is 20.8 Å². The standard InChI is InChI=1S/C10H15N3.C2H6/c1-9-3-2-6-13(7-9)10-4-5-11-8-12-10;1-2/h4-5,8-9H,2-3,6-7H2,1H3;1-2H3. The van der Waals surface area contributed by atoms with E-state index in [1.165, 1.54) is 12.8 Å². The molecule has 1 aromatic rings. The first-order valence-corrected chi connectivity index (χ1v) is 5.87. The maximum absolute atomic E-state index is 4.25. The van der Waals surface area contributed by atoms with Gasteiger partial charge in [-0.2, -0.15) is 0 Å². The van der Waals surface area contributed by atoms with Crippen molar-refractivity contribution in [3.05, 3.63) is 18.6 Å². The van der Waals surface area contributed by atoms with Gasteiger partial charge in [-0.15, -0.1) is 0 Å². The van der Waals surface area contributed by atoms with Gasteiger partial charge in [0.15, 0.2) is 0 Å². The van der Waals surface area contributed by atoms with Crippen LogP contribution in [0.1, 0.15) is 33.6 Å². The van der Waals surface area contributed by atoms with Gasteiger partial charge in [0.2, 0.25) is 0 Å². The van der Waals surface area contributed by atoms with Crippen LogP contribution in [0.2, 0.25) is 0 Å². The lowest BCUT2D eigenvalue weighted by molar-refractivity contribution is 0.444. The van der Waals surface area contributed by atoms with E-state index < -0.39 is 0 Å². The molecule has 84 valence electrons. The largest absolute Gasteiger partial charge is 0.356 e. The smallest absolute Gasteiger partial charge is 0.131 e. The Labute approximate surface area is 92.6 Å². The molecule has 1 saturated heterocycles. The zero-order valence-electron chi connectivity index (χ0n) is 9.98. The minimum absolute atomic E-state index is 0.795. The Morgan fingerprint density at radius 2 is 2.20 bits per heavy atom. The van der Waals surface area contributed by atoms with Gasteiger partial charge >= 0.3 is 0 Å². The molecule has 0 bridgehead atoms. The van der Waals surface area contributed by atoms with Crippen LogP contribution in [-0.2, 0) is 0 Å². The highest BCUT2D eigenvalue weighted by molar-refractivity contribution is 5.36. The molecule has 1 atom stereocenters. The summed E-state index contributed by atoms with van der Waals surface area (Å²) >= 11 is 0. The Bertz CT molecular complexity index is 261. The minimum atomic E-state index is 0.795. The summed E-state index contributed by atoms with van der Waals surface area (Å²) in [5.41, 5.74) is 0. The van der Waals surface area contributed by atoms with Crippen molar-refractivity contribution in [2.75, 3.05) is 18.0 Å². The summed E-state index contributed by atoms with van der Waals surface area (Å²) in [6.07, 6.45) is 6.06. The van der Waals surface area contributed by atoms with Crippen molar-refractivity contribution in [2.45, 2.75) is 33.6 Å². The van der Waals surface area contributed by atoms with Crippen LogP contribution in [0.5, 0.6) is 0 Å².